The number of nitrogens with one attached hydrogen (secondary N) is 2. The van der Waals surface area contributed by atoms with Crippen molar-refractivity contribution >= 4 is 5.91 Å². The summed E-state index contributed by atoms with van der Waals surface area (Å²) in [7, 11) is 1.61. The molecule has 23 heavy (non-hydrogen) atoms. The molecule has 1 aromatic carbocycles. The fraction of sp³-hybridized carbons (Fsp3) is 0.412. The first-order valence-corrected chi connectivity index (χ1v) is 7.70. The van der Waals surface area contributed by atoms with Crippen molar-refractivity contribution in [1.82, 2.24) is 15.5 Å². The Morgan fingerprint density at radius 3 is 2.65 bits per heavy atom. The van der Waals surface area contributed by atoms with Crippen molar-refractivity contribution in [3.8, 4) is 17.0 Å². The molecule has 0 aliphatic carbocycles. The van der Waals surface area contributed by atoms with Gasteiger partial charge >= 0.3 is 0 Å². The molecule has 0 saturated carbocycles. The molecule has 0 aliphatic heterocycles. The number of aliphatic hydroxyl groups is 1. The number of aromatic nitrogens is 2. The van der Waals surface area contributed by atoms with Gasteiger partial charge in [0.1, 0.15) is 11.4 Å². The Hall–Kier alpha value is -2.34. The Morgan fingerprint density at radius 1 is 1.39 bits per heavy atom. The molecule has 6 nitrogen and oxygen atoms in total. The van der Waals surface area contributed by atoms with Crippen molar-refractivity contribution in [2.24, 2.45) is 5.92 Å². The average Bonchev–Trinajstić information content (AvgIpc) is 3.09. The van der Waals surface area contributed by atoms with Crippen molar-refractivity contribution in [3.63, 3.8) is 0 Å². The van der Waals surface area contributed by atoms with Crippen LogP contribution < -0.4 is 10.1 Å². The molecule has 0 radical (unpaired) electrons. The topological polar surface area (TPSA) is 87.2 Å². The van der Waals surface area contributed by atoms with E-state index in [2.05, 4.69) is 15.5 Å². The van der Waals surface area contributed by atoms with Gasteiger partial charge in [0, 0.05) is 5.56 Å². The van der Waals surface area contributed by atoms with Crippen LogP contribution in [0.5, 0.6) is 5.75 Å². The van der Waals surface area contributed by atoms with Gasteiger partial charge < -0.3 is 15.2 Å². The highest BCUT2D eigenvalue weighted by atomic mass is 16.5. The zero-order chi connectivity index (χ0) is 16.8. The second-order valence-corrected chi connectivity index (χ2v) is 5.54. The number of rotatable bonds is 7. The van der Waals surface area contributed by atoms with Gasteiger partial charge in [0.2, 0.25) is 0 Å². The maximum atomic E-state index is 12.3. The number of aromatic amines is 1. The molecule has 1 amide bonds. The van der Waals surface area contributed by atoms with E-state index in [1.807, 2.05) is 38.1 Å². The van der Waals surface area contributed by atoms with E-state index >= 15 is 0 Å². The standard InChI is InChI=1S/C17H23N3O3/c1-4-11(2)16(10-21)18-17(22)15-9-14(19-20-15)12-5-7-13(23-3)8-6-12/h5-9,11,16,21H,4,10H2,1-3H3,(H,18,22)(H,19,20)/t11-,16-/m0/s1. The predicted molar refractivity (Wildman–Crippen MR) is 88.4 cm³/mol. The van der Waals surface area contributed by atoms with Crippen molar-refractivity contribution in [1.29, 1.82) is 0 Å². The molecule has 0 unspecified atom stereocenters. The van der Waals surface area contributed by atoms with E-state index in [4.69, 9.17) is 4.74 Å². The van der Waals surface area contributed by atoms with Crippen molar-refractivity contribution in [3.05, 3.63) is 36.0 Å². The summed E-state index contributed by atoms with van der Waals surface area (Å²) < 4.78 is 5.12. The zero-order valence-electron chi connectivity index (χ0n) is 13.7. The van der Waals surface area contributed by atoms with Crippen molar-refractivity contribution < 1.29 is 14.6 Å². The van der Waals surface area contributed by atoms with Gasteiger partial charge in [-0.25, -0.2) is 0 Å². The summed E-state index contributed by atoms with van der Waals surface area (Å²) in [4.78, 5) is 12.3. The quantitative estimate of drug-likeness (QED) is 0.731. The highest BCUT2D eigenvalue weighted by Crippen LogP contribution is 2.21. The number of carbonyl (C=O) groups excluding carboxylic acids is 1. The lowest BCUT2D eigenvalue weighted by atomic mass is 10.00. The fourth-order valence-electron chi connectivity index (χ4n) is 2.25. The van der Waals surface area contributed by atoms with Gasteiger partial charge in [0.15, 0.2) is 0 Å². The Morgan fingerprint density at radius 2 is 2.09 bits per heavy atom. The molecule has 124 valence electrons. The van der Waals surface area contributed by atoms with Crippen LogP contribution in [0.15, 0.2) is 30.3 Å². The Balaban J connectivity index is 2.09. The molecule has 3 N–H and O–H groups in total. The molecule has 1 aromatic heterocycles. The highest BCUT2D eigenvalue weighted by Gasteiger charge is 2.19. The minimum Gasteiger partial charge on any atom is -0.497 e. The normalized spacial score (nSPS) is 13.4. The summed E-state index contributed by atoms with van der Waals surface area (Å²) in [5, 5.41) is 19.2. The average molecular weight is 317 g/mol. The number of benzene rings is 1. The molecule has 0 aliphatic rings. The number of hydrogen-bond donors (Lipinski definition) is 3. The van der Waals surface area contributed by atoms with Crippen LogP contribution in [0.25, 0.3) is 11.3 Å². The molecular weight excluding hydrogens is 294 g/mol. The van der Waals surface area contributed by atoms with E-state index in [1.165, 1.54) is 0 Å². The lowest BCUT2D eigenvalue weighted by Gasteiger charge is -2.21. The number of amides is 1. The van der Waals surface area contributed by atoms with Crippen LogP contribution >= 0.6 is 0 Å². The first-order chi connectivity index (χ1) is 11.1. The maximum Gasteiger partial charge on any atom is 0.269 e. The molecule has 2 rings (SSSR count). The third-order valence-electron chi connectivity index (χ3n) is 4.05. The SMILES string of the molecule is CC[C@H](C)[C@H](CO)NC(=O)c1cc(-c2ccc(OC)cc2)n[nH]1. The van der Waals surface area contributed by atoms with Crippen LogP contribution in [0.1, 0.15) is 30.8 Å². The van der Waals surface area contributed by atoms with E-state index in [9.17, 15) is 9.90 Å². The summed E-state index contributed by atoms with van der Waals surface area (Å²) in [6.07, 6.45) is 0.881. The number of nitrogens with zero attached hydrogens (tertiary/aromatic N) is 1. The van der Waals surface area contributed by atoms with E-state index in [1.54, 1.807) is 13.2 Å². The maximum absolute atomic E-state index is 12.3. The molecule has 6 heteroatoms. The lowest BCUT2D eigenvalue weighted by Crippen LogP contribution is -2.42. The first kappa shape index (κ1) is 17.0. The van der Waals surface area contributed by atoms with Crippen LogP contribution in [0.4, 0.5) is 0 Å². The Kier molecular flexibility index (Phi) is 5.76. The second kappa shape index (κ2) is 7.78. The minimum atomic E-state index is -0.267. The van der Waals surface area contributed by atoms with E-state index in [0.717, 1.165) is 17.7 Å². The summed E-state index contributed by atoms with van der Waals surface area (Å²) in [5.41, 5.74) is 1.95. The van der Waals surface area contributed by atoms with E-state index < -0.39 is 0 Å². The van der Waals surface area contributed by atoms with E-state index in [-0.39, 0.29) is 24.5 Å². The smallest absolute Gasteiger partial charge is 0.269 e. The summed E-state index contributed by atoms with van der Waals surface area (Å²) in [5.74, 6) is 0.700. The summed E-state index contributed by atoms with van der Waals surface area (Å²) in [6, 6.07) is 8.88. The summed E-state index contributed by atoms with van der Waals surface area (Å²) >= 11 is 0. The molecule has 1 heterocycles. The van der Waals surface area contributed by atoms with Crippen LogP contribution in [0, 0.1) is 5.92 Å². The van der Waals surface area contributed by atoms with Gasteiger partial charge in [-0.05, 0) is 36.2 Å². The van der Waals surface area contributed by atoms with Crippen LogP contribution in [0.2, 0.25) is 0 Å². The van der Waals surface area contributed by atoms with Crippen LogP contribution in [0.3, 0.4) is 0 Å². The molecule has 2 atom stereocenters. The van der Waals surface area contributed by atoms with Gasteiger partial charge in [-0.15, -0.1) is 0 Å². The number of ether oxygens (including phenoxy) is 1. The highest BCUT2D eigenvalue weighted by molar-refractivity contribution is 5.93. The number of carbonyl (C=O) groups is 1. The molecule has 2 aromatic rings. The number of hydrogen-bond acceptors (Lipinski definition) is 4. The lowest BCUT2D eigenvalue weighted by molar-refractivity contribution is 0.0886. The molecular formula is C17H23N3O3. The van der Waals surface area contributed by atoms with Gasteiger partial charge in [-0.1, -0.05) is 20.3 Å². The van der Waals surface area contributed by atoms with Crippen LogP contribution in [-0.4, -0.2) is 41.0 Å². The molecule has 0 fully saturated rings. The third kappa shape index (κ3) is 4.10. The van der Waals surface area contributed by atoms with Crippen molar-refractivity contribution in [2.75, 3.05) is 13.7 Å². The minimum absolute atomic E-state index is 0.0831. The van der Waals surface area contributed by atoms with E-state index in [0.29, 0.717) is 11.4 Å². The van der Waals surface area contributed by atoms with Gasteiger partial charge in [-0.2, -0.15) is 5.10 Å². The van der Waals surface area contributed by atoms with Gasteiger partial charge in [0.25, 0.3) is 5.91 Å². The largest absolute Gasteiger partial charge is 0.497 e. The molecule has 0 saturated heterocycles. The number of H-pyrrole nitrogens is 1. The van der Waals surface area contributed by atoms with Crippen molar-refractivity contribution in [2.45, 2.75) is 26.3 Å². The second-order valence-electron chi connectivity index (χ2n) is 5.54. The Bertz CT molecular complexity index is 637. The number of aliphatic hydroxyl groups excluding tert-OH is 1. The first-order valence-electron chi connectivity index (χ1n) is 7.70. The molecule has 0 spiro atoms. The fourth-order valence-corrected chi connectivity index (χ4v) is 2.25. The molecule has 0 bridgehead atoms. The van der Waals surface area contributed by atoms with Gasteiger partial charge in [-0.3, -0.25) is 9.89 Å². The van der Waals surface area contributed by atoms with Gasteiger partial charge in [0.05, 0.1) is 25.5 Å². The predicted octanol–water partition coefficient (Wildman–Crippen LogP) is 2.22. The third-order valence-corrected chi connectivity index (χ3v) is 4.05. The summed E-state index contributed by atoms with van der Waals surface area (Å²) in [6.45, 7) is 3.94. The number of methoxy groups -OCH3 is 1. The van der Waals surface area contributed by atoms with Crippen LogP contribution in [-0.2, 0) is 0 Å². The Labute approximate surface area is 135 Å². The monoisotopic (exact) mass is 317 g/mol. The zero-order valence-corrected chi connectivity index (χ0v) is 13.7.